The summed E-state index contributed by atoms with van der Waals surface area (Å²) in [7, 11) is 0. The molecule has 0 aliphatic carbocycles. The molecule has 0 fully saturated rings. The fraction of sp³-hybridized carbons (Fsp3) is 0.250. The van der Waals surface area contributed by atoms with E-state index in [-0.39, 0.29) is 0 Å². The van der Waals surface area contributed by atoms with Crippen molar-refractivity contribution in [2.45, 2.75) is 0 Å². The third-order valence-corrected chi connectivity index (χ3v) is 0.691. The van der Waals surface area contributed by atoms with Gasteiger partial charge in [0.05, 0.1) is 0 Å². The molecule has 0 unspecified atom stereocenters. The minimum absolute atomic E-state index is 0.469. The monoisotopic (exact) mass is 96.1 g/mol. The molecule has 0 amide bonds. The minimum atomic E-state index is 0.469. The van der Waals surface area contributed by atoms with Crippen molar-refractivity contribution in [2.75, 3.05) is 6.67 Å². The average Bonchev–Trinajstić information content (AvgIpc) is 1.69. The van der Waals surface area contributed by atoms with Crippen molar-refractivity contribution in [2.24, 2.45) is 4.99 Å². The summed E-state index contributed by atoms with van der Waals surface area (Å²) in [4.78, 5) is 3.78. The largest absolute Gasteiger partial charge is 0.266 e. The van der Waals surface area contributed by atoms with Gasteiger partial charge in [-0.15, -0.1) is 0 Å². The summed E-state index contributed by atoms with van der Waals surface area (Å²) >= 11 is 0. The van der Waals surface area contributed by atoms with E-state index in [1.54, 1.807) is 18.5 Å². The summed E-state index contributed by atoms with van der Waals surface area (Å²) in [6.07, 6.45) is 5.08. The van der Waals surface area contributed by atoms with Gasteiger partial charge in [0.15, 0.2) is 6.20 Å². The fourth-order valence-corrected chi connectivity index (χ4v) is 0.385. The summed E-state index contributed by atoms with van der Waals surface area (Å²) in [5, 5.41) is 0. The molecule has 3 nitrogen and oxygen atoms in total. The van der Waals surface area contributed by atoms with Crippen LogP contribution in [0.4, 0.5) is 0 Å². The Balaban J connectivity index is 2.66. The Labute approximate surface area is 41.5 Å². The highest BCUT2D eigenvalue weighted by atomic mass is 15.2. The van der Waals surface area contributed by atoms with E-state index in [2.05, 4.69) is 4.99 Å². The number of aliphatic imine (C=N–C) groups is 1. The van der Waals surface area contributed by atoms with Crippen LogP contribution in [0.25, 0.3) is 0 Å². The van der Waals surface area contributed by atoms with Crippen molar-refractivity contribution in [3.63, 3.8) is 0 Å². The molecule has 0 spiro atoms. The van der Waals surface area contributed by atoms with Gasteiger partial charge >= 0.3 is 0 Å². The van der Waals surface area contributed by atoms with Gasteiger partial charge in [0.1, 0.15) is 0 Å². The summed E-state index contributed by atoms with van der Waals surface area (Å²) in [5.74, 6) is 0. The molecule has 36 valence electrons. The zero-order chi connectivity index (χ0) is 5.11. The number of hydrogen-bond donors (Lipinski definition) is 1. The lowest BCUT2D eigenvalue weighted by atomic mass is 10.6. The van der Waals surface area contributed by atoms with Crippen LogP contribution in [-0.2, 0) is 0 Å². The molecule has 0 aromatic rings. The standard InChI is InChI=1S/C4H6N3/c5-7-3-1-2-6-4-7/h1-3,5H,4H2/q+1. The first-order valence-corrected chi connectivity index (χ1v) is 2.04. The molecule has 1 aliphatic rings. The van der Waals surface area contributed by atoms with Gasteiger partial charge in [-0.3, -0.25) is 0 Å². The van der Waals surface area contributed by atoms with E-state index in [1.165, 1.54) is 4.70 Å². The van der Waals surface area contributed by atoms with Crippen molar-refractivity contribution in [3.05, 3.63) is 12.3 Å². The lowest BCUT2D eigenvalue weighted by Crippen LogP contribution is -2.01. The van der Waals surface area contributed by atoms with Gasteiger partial charge < -0.3 is 0 Å². The fourth-order valence-electron chi connectivity index (χ4n) is 0.385. The van der Waals surface area contributed by atoms with E-state index in [0.717, 1.165) is 0 Å². The van der Waals surface area contributed by atoms with Crippen molar-refractivity contribution in [1.29, 1.82) is 5.53 Å². The molecule has 0 saturated heterocycles. The van der Waals surface area contributed by atoms with Crippen molar-refractivity contribution >= 4 is 6.21 Å². The van der Waals surface area contributed by atoms with E-state index < -0.39 is 0 Å². The molecule has 0 aromatic carbocycles. The van der Waals surface area contributed by atoms with Gasteiger partial charge in [-0.1, -0.05) is 10.2 Å². The van der Waals surface area contributed by atoms with Crippen molar-refractivity contribution < 1.29 is 4.70 Å². The van der Waals surface area contributed by atoms with Crippen LogP contribution in [0.1, 0.15) is 0 Å². The Bertz CT molecular complexity index is 134. The van der Waals surface area contributed by atoms with Gasteiger partial charge in [0.2, 0.25) is 0 Å². The van der Waals surface area contributed by atoms with Crippen LogP contribution in [0.5, 0.6) is 0 Å². The Kier molecular flexibility index (Phi) is 0.978. The molecular formula is C4H6N3+. The number of nitrogens with one attached hydrogen (secondary N) is 1. The first-order valence-electron chi connectivity index (χ1n) is 2.04. The second-order valence-corrected chi connectivity index (χ2v) is 1.28. The van der Waals surface area contributed by atoms with Crippen LogP contribution >= 0.6 is 0 Å². The van der Waals surface area contributed by atoms with Gasteiger partial charge in [0.25, 0.3) is 6.67 Å². The second-order valence-electron chi connectivity index (χ2n) is 1.28. The minimum Gasteiger partial charge on any atom is -0.226 e. The Morgan fingerprint density at radius 1 is 1.71 bits per heavy atom. The van der Waals surface area contributed by atoms with E-state index in [1.807, 2.05) is 0 Å². The summed E-state index contributed by atoms with van der Waals surface area (Å²) < 4.78 is 1.26. The number of nitrogens with zero attached hydrogens (tertiary/aromatic N) is 2. The molecule has 3 heteroatoms. The SMILES string of the molecule is N=[N+]1C=CC=NC1. The van der Waals surface area contributed by atoms with Crippen LogP contribution in [0.2, 0.25) is 0 Å². The molecule has 0 atom stereocenters. The summed E-state index contributed by atoms with van der Waals surface area (Å²) in [6.45, 7) is 0.469. The maximum atomic E-state index is 6.90. The third kappa shape index (κ3) is 0.924. The molecule has 1 N–H and O–H groups in total. The van der Waals surface area contributed by atoms with Crippen LogP contribution in [0.3, 0.4) is 0 Å². The maximum Gasteiger partial charge on any atom is 0.266 e. The Morgan fingerprint density at radius 2 is 2.57 bits per heavy atom. The van der Waals surface area contributed by atoms with Crippen molar-refractivity contribution in [3.8, 4) is 0 Å². The molecular weight excluding hydrogens is 90.1 g/mol. The number of hydrogen-bond acceptors (Lipinski definition) is 2. The highest BCUT2D eigenvalue weighted by Crippen LogP contribution is 1.82. The molecule has 0 aromatic heterocycles. The summed E-state index contributed by atoms with van der Waals surface area (Å²) in [6, 6.07) is 0. The molecule has 0 bridgehead atoms. The van der Waals surface area contributed by atoms with E-state index >= 15 is 0 Å². The van der Waals surface area contributed by atoms with Crippen LogP contribution in [0, 0.1) is 5.53 Å². The van der Waals surface area contributed by atoms with Crippen LogP contribution < -0.4 is 0 Å². The third-order valence-electron chi connectivity index (χ3n) is 0.691. The Morgan fingerprint density at radius 3 is 2.86 bits per heavy atom. The van der Waals surface area contributed by atoms with E-state index in [4.69, 9.17) is 5.53 Å². The molecule has 7 heavy (non-hydrogen) atoms. The second kappa shape index (κ2) is 1.64. The zero-order valence-corrected chi connectivity index (χ0v) is 3.83. The number of rotatable bonds is 0. The maximum absolute atomic E-state index is 6.90. The first-order chi connectivity index (χ1) is 3.39. The molecule has 1 heterocycles. The van der Waals surface area contributed by atoms with Gasteiger partial charge in [-0.05, 0) is 0 Å². The number of allylic oxidation sites excluding steroid dienone is 1. The highest BCUT2D eigenvalue weighted by Gasteiger charge is 1.95. The molecule has 1 aliphatic heterocycles. The van der Waals surface area contributed by atoms with Gasteiger partial charge in [-0.25, -0.2) is 4.99 Å². The highest BCUT2D eigenvalue weighted by molar-refractivity contribution is 5.70. The van der Waals surface area contributed by atoms with E-state index in [9.17, 15) is 0 Å². The quantitative estimate of drug-likeness (QED) is 0.428. The topological polar surface area (TPSA) is 39.2 Å². The predicted octanol–water partition coefficient (Wildman–Crippen LogP) is 0.585. The normalized spacial score (nSPS) is 18.0. The molecule has 0 radical (unpaired) electrons. The molecule has 1 rings (SSSR count). The van der Waals surface area contributed by atoms with Crippen LogP contribution in [-0.4, -0.2) is 17.6 Å². The lowest BCUT2D eigenvalue weighted by molar-refractivity contribution is -0.550. The average molecular weight is 96.1 g/mol. The van der Waals surface area contributed by atoms with Crippen LogP contribution in [0.15, 0.2) is 17.3 Å². The zero-order valence-electron chi connectivity index (χ0n) is 3.83. The van der Waals surface area contributed by atoms with Crippen molar-refractivity contribution in [1.82, 2.24) is 0 Å². The van der Waals surface area contributed by atoms with Gasteiger partial charge in [-0.2, -0.15) is 0 Å². The summed E-state index contributed by atoms with van der Waals surface area (Å²) in [5.41, 5.74) is 6.90. The Hall–Kier alpha value is -0.990. The van der Waals surface area contributed by atoms with E-state index in [0.29, 0.717) is 6.67 Å². The smallest absolute Gasteiger partial charge is 0.226 e. The predicted molar refractivity (Wildman–Crippen MR) is 25.5 cm³/mol. The molecule has 0 saturated carbocycles. The van der Waals surface area contributed by atoms with Gasteiger partial charge in [0, 0.05) is 12.3 Å². The lowest BCUT2D eigenvalue weighted by Gasteiger charge is -1.86. The first kappa shape index (κ1) is 4.18.